The summed E-state index contributed by atoms with van der Waals surface area (Å²) in [7, 11) is 0. The van der Waals surface area contributed by atoms with Gasteiger partial charge in [-0.1, -0.05) is 0 Å². The number of hydrogen-bond donors (Lipinski definition) is 2. The van der Waals surface area contributed by atoms with E-state index in [1.807, 2.05) is 37.3 Å². The van der Waals surface area contributed by atoms with Crippen LogP contribution in [0.4, 0.5) is 11.4 Å². The minimum atomic E-state index is -0.0655. The maximum Gasteiger partial charge on any atom is 0.221 e. The lowest BCUT2D eigenvalue weighted by Crippen LogP contribution is -2.07. The van der Waals surface area contributed by atoms with Gasteiger partial charge < -0.3 is 15.1 Å². The molecule has 1 amide bonds. The van der Waals surface area contributed by atoms with Crippen LogP contribution in [0, 0.1) is 6.92 Å². The summed E-state index contributed by atoms with van der Waals surface area (Å²) in [6.07, 6.45) is 0. The van der Waals surface area contributed by atoms with E-state index in [0.29, 0.717) is 6.54 Å². The van der Waals surface area contributed by atoms with Gasteiger partial charge in [0.05, 0.1) is 6.54 Å². The predicted octanol–water partition coefficient (Wildman–Crippen LogP) is 3.92. The highest BCUT2D eigenvalue weighted by Gasteiger charge is 2.03. The van der Waals surface area contributed by atoms with E-state index in [1.165, 1.54) is 6.92 Å². The maximum atomic E-state index is 11.0. The molecule has 0 atom stereocenters. The monoisotopic (exact) mass is 322 g/mol. The zero-order valence-corrected chi connectivity index (χ0v) is 12.4. The molecular weight excluding hydrogens is 308 g/mol. The maximum absolute atomic E-state index is 11.0. The third kappa shape index (κ3) is 3.86. The number of nitrogens with one attached hydrogen (secondary N) is 2. The molecule has 1 heterocycles. The first-order valence-corrected chi connectivity index (χ1v) is 6.70. The molecule has 0 unspecified atom stereocenters. The number of aryl methyl sites for hydroxylation is 1. The number of anilines is 2. The largest absolute Gasteiger partial charge is 0.452 e. The molecule has 2 aromatic rings. The SMILES string of the molecule is CC(=O)Nc1ccc(NCc2ccc(Br)o2)cc1C. The number of hydrogen-bond acceptors (Lipinski definition) is 3. The molecule has 4 nitrogen and oxygen atoms in total. The summed E-state index contributed by atoms with van der Waals surface area (Å²) in [6.45, 7) is 4.07. The highest BCUT2D eigenvalue weighted by Crippen LogP contribution is 2.21. The van der Waals surface area contributed by atoms with Gasteiger partial charge in [-0.3, -0.25) is 4.79 Å². The highest BCUT2D eigenvalue weighted by molar-refractivity contribution is 9.10. The Kier molecular flexibility index (Phi) is 4.27. The lowest BCUT2D eigenvalue weighted by Gasteiger charge is -2.10. The Labute approximate surface area is 120 Å². The molecule has 0 aliphatic rings. The van der Waals surface area contributed by atoms with E-state index in [-0.39, 0.29) is 5.91 Å². The fraction of sp³-hybridized carbons (Fsp3) is 0.214. The first-order chi connectivity index (χ1) is 9.04. The number of amides is 1. The van der Waals surface area contributed by atoms with Gasteiger partial charge in [-0.25, -0.2) is 0 Å². The van der Waals surface area contributed by atoms with Gasteiger partial charge in [0.25, 0.3) is 0 Å². The van der Waals surface area contributed by atoms with Gasteiger partial charge in [0.1, 0.15) is 5.76 Å². The van der Waals surface area contributed by atoms with Crippen LogP contribution < -0.4 is 10.6 Å². The Morgan fingerprint density at radius 1 is 1.32 bits per heavy atom. The zero-order chi connectivity index (χ0) is 13.8. The normalized spacial score (nSPS) is 10.3. The number of halogens is 1. The number of carbonyl (C=O) groups excluding carboxylic acids is 1. The lowest BCUT2D eigenvalue weighted by molar-refractivity contribution is -0.114. The van der Waals surface area contributed by atoms with Crippen LogP contribution in [-0.2, 0) is 11.3 Å². The van der Waals surface area contributed by atoms with Crippen molar-refractivity contribution < 1.29 is 9.21 Å². The van der Waals surface area contributed by atoms with Crippen LogP contribution in [0.2, 0.25) is 0 Å². The molecular formula is C14H15BrN2O2. The van der Waals surface area contributed by atoms with Crippen molar-refractivity contribution in [1.29, 1.82) is 0 Å². The van der Waals surface area contributed by atoms with Gasteiger partial charge in [-0.15, -0.1) is 0 Å². The van der Waals surface area contributed by atoms with Crippen molar-refractivity contribution in [3.8, 4) is 0 Å². The molecule has 0 aliphatic carbocycles. The van der Waals surface area contributed by atoms with Crippen molar-refractivity contribution >= 4 is 33.2 Å². The third-order valence-electron chi connectivity index (χ3n) is 2.63. The zero-order valence-electron chi connectivity index (χ0n) is 10.8. The average molecular weight is 323 g/mol. The van der Waals surface area contributed by atoms with Gasteiger partial charge in [-0.2, -0.15) is 0 Å². The van der Waals surface area contributed by atoms with Crippen LogP contribution >= 0.6 is 15.9 Å². The molecule has 0 saturated carbocycles. The number of benzene rings is 1. The molecule has 0 bridgehead atoms. The van der Waals surface area contributed by atoms with Crippen molar-refractivity contribution in [1.82, 2.24) is 0 Å². The molecule has 0 spiro atoms. The molecule has 2 rings (SSSR count). The number of carbonyl (C=O) groups is 1. The van der Waals surface area contributed by atoms with Crippen molar-refractivity contribution in [2.24, 2.45) is 0 Å². The summed E-state index contributed by atoms with van der Waals surface area (Å²) in [4.78, 5) is 11.0. The summed E-state index contributed by atoms with van der Waals surface area (Å²) < 4.78 is 6.13. The standard InChI is InChI=1S/C14H15BrN2O2/c1-9-7-11(3-5-13(9)17-10(2)18)16-8-12-4-6-14(15)19-12/h3-7,16H,8H2,1-2H3,(H,17,18). The molecule has 0 aliphatic heterocycles. The first-order valence-electron chi connectivity index (χ1n) is 5.91. The van der Waals surface area contributed by atoms with Crippen molar-refractivity contribution in [3.05, 3.63) is 46.3 Å². The molecule has 2 N–H and O–H groups in total. The lowest BCUT2D eigenvalue weighted by atomic mass is 10.1. The average Bonchev–Trinajstić information content (AvgIpc) is 2.75. The van der Waals surface area contributed by atoms with Crippen LogP contribution in [-0.4, -0.2) is 5.91 Å². The van der Waals surface area contributed by atoms with E-state index in [2.05, 4.69) is 26.6 Å². The molecule has 0 saturated heterocycles. The van der Waals surface area contributed by atoms with Gasteiger partial charge in [0, 0.05) is 18.3 Å². The molecule has 0 radical (unpaired) electrons. The Morgan fingerprint density at radius 2 is 2.11 bits per heavy atom. The summed E-state index contributed by atoms with van der Waals surface area (Å²) in [5.74, 6) is 0.791. The molecule has 19 heavy (non-hydrogen) atoms. The Bertz CT molecular complexity index is 593. The Balaban J connectivity index is 2.01. The van der Waals surface area contributed by atoms with Gasteiger partial charge in [0.2, 0.25) is 5.91 Å². The Morgan fingerprint density at radius 3 is 2.68 bits per heavy atom. The topological polar surface area (TPSA) is 54.3 Å². The van der Waals surface area contributed by atoms with E-state index in [1.54, 1.807) is 0 Å². The molecule has 5 heteroatoms. The summed E-state index contributed by atoms with van der Waals surface area (Å²) in [5, 5.41) is 6.05. The van der Waals surface area contributed by atoms with Crippen LogP contribution in [0.5, 0.6) is 0 Å². The van der Waals surface area contributed by atoms with Gasteiger partial charge in [0.15, 0.2) is 4.67 Å². The van der Waals surface area contributed by atoms with Crippen LogP contribution in [0.25, 0.3) is 0 Å². The Hall–Kier alpha value is -1.75. The van der Waals surface area contributed by atoms with E-state index in [0.717, 1.165) is 27.4 Å². The van der Waals surface area contributed by atoms with Crippen LogP contribution in [0.15, 0.2) is 39.4 Å². The van der Waals surface area contributed by atoms with E-state index < -0.39 is 0 Å². The summed E-state index contributed by atoms with van der Waals surface area (Å²) in [5.41, 5.74) is 2.83. The molecule has 1 aromatic heterocycles. The fourth-order valence-electron chi connectivity index (χ4n) is 1.74. The van der Waals surface area contributed by atoms with Crippen molar-refractivity contribution in [3.63, 3.8) is 0 Å². The van der Waals surface area contributed by atoms with E-state index in [4.69, 9.17) is 4.42 Å². The van der Waals surface area contributed by atoms with Gasteiger partial charge >= 0.3 is 0 Å². The van der Waals surface area contributed by atoms with E-state index >= 15 is 0 Å². The minimum absolute atomic E-state index is 0.0655. The van der Waals surface area contributed by atoms with E-state index in [9.17, 15) is 4.79 Å². The number of furan rings is 1. The smallest absolute Gasteiger partial charge is 0.221 e. The summed E-state index contributed by atoms with van der Waals surface area (Å²) >= 11 is 3.27. The first kappa shape index (κ1) is 13.7. The second kappa shape index (κ2) is 5.93. The predicted molar refractivity (Wildman–Crippen MR) is 79.2 cm³/mol. The van der Waals surface area contributed by atoms with Crippen molar-refractivity contribution in [2.75, 3.05) is 10.6 Å². The molecule has 0 fully saturated rings. The second-order valence-electron chi connectivity index (χ2n) is 4.27. The molecule has 1 aromatic carbocycles. The van der Waals surface area contributed by atoms with Crippen LogP contribution in [0.1, 0.15) is 18.2 Å². The van der Waals surface area contributed by atoms with Crippen LogP contribution in [0.3, 0.4) is 0 Å². The highest BCUT2D eigenvalue weighted by atomic mass is 79.9. The fourth-order valence-corrected chi connectivity index (χ4v) is 2.08. The molecule has 100 valence electrons. The number of rotatable bonds is 4. The van der Waals surface area contributed by atoms with Gasteiger partial charge in [-0.05, 0) is 58.7 Å². The second-order valence-corrected chi connectivity index (χ2v) is 5.05. The summed E-state index contributed by atoms with van der Waals surface area (Å²) in [6, 6.07) is 9.58. The van der Waals surface area contributed by atoms with Crippen molar-refractivity contribution in [2.45, 2.75) is 20.4 Å². The third-order valence-corrected chi connectivity index (χ3v) is 3.06. The quantitative estimate of drug-likeness (QED) is 0.897. The minimum Gasteiger partial charge on any atom is -0.452 e.